The Balaban J connectivity index is 1.69. The van der Waals surface area contributed by atoms with Crippen LogP contribution in [0.3, 0.4) is 0 Å². The van der Waals surface area contributed by atoms with Crippen LogP contribution in [0.1, 0.15) is 32.1 Å². The van der Waals surface area contributed by atoms with E-state index in [0.29, 0.717) is 16.5 Å². The fourth-order valence-electron chi connectivity index (χ4n) is 3.16. The van der Waals surface area contributed by atoms with Gasteiger partial charge in [-0.15, -0.1) is 0 Å². The quantitative estimate of drug-likeness (QED) is 0.494. The largest absolute Gasteiger partial charge is 0.437 e. The van der Waals surface area contributed by atoms with Crippen molar-refractivity contribution in [1.82, 2.24) is 19.7 Å². The zero-order chi connectivity index (χ0) is 22.9. The number of carbonyl (C=O) groups excluding carboxylic acids is 2. The number of hydrogen-bond acceptors (Lipinski definition) is 5. The molecule has 3 aromatic heterocycles. The summed E-state index contributed by atoms with van der Waals surface area (Å²) < 4.78 is 41.6. The van der Waals surface area contributed by atoms with Gasteiger partial charge in [0.25, 0.3) is 5.91 Å². The lowest BCUT2D eigenvalue weighted by Gasteiger charge is -2.09. The van der Waals surface area contributed by atoms with Crippen molar-refractivity contribution in [3.05, 3.63) is 83.6 Å². The van der Waals surface area contributed by atoms with E-state index in [9.17, 15) is 22.8 Å². The number of benzene rings is 1. The highest BCUT2D eigenvalue weighted by Crippen LogP contribution is 2.34. The summed E-state index contributed by atoms with van der Waals surface area (Å²) in [5, 5.41) is 6.21. The third-order valence-corrected chi connectivity index (χ3v) is 4.59. The van der Waals surface area contributed by atoms with Crippen LogP contribution in [0.2, 0.25) is 0 Å². The van der Waals surface area contributed by atoms with E-state index >= 15 is 0 Å². The van der Waals surface area contributed by atoms with Crippen molar-refractivity contribution in [3.63, 3.8) is 0 Å². The summed E-state index contributed by atoms with van der Waals surface area (Å²) in [5.41, 5.74) is 4.36. The number of pyridine rings is 2. The van der Waals surface area contributed by atoms with E-state index in [0.717, 1.165) is 16.9 Å². The molecular formula is C21H15F3N6O2. The monoisotopic (exact) mass is 440 g/mol. The first-order chi connectivity index (χ1) is 15.2. The first kappa shape index (κ1) is 21.0. The molecule has 1 aromatic carbocycles. The molecule has 162 valence electrons. The van der Waals surface area contributed by atoms with Gasteiger partial charge in [0.05, 0.1) is 23.3 Å². The number of fused-ring (bicyclic) bond motifs is 1. The molecule has 0 aliphatic carbocycles. The molecule has 0 bridgehead atoms. The number of aromatic nitrogens is 4. The molecule has 8 nitrogen and oxygen atoms in total. The summed E-state index contributed by atoms with van der Waals surface area (Å²) in [5.74, 6) is -1.73. The number of nitrogens with two attached hydrogens (primary N) is 1. The minimum Gasteiger partial charge on any atom is -0.366 e. The van der Waals surface area contributed by atoms with Crippen LogP contribution in [0, 0.1) is 0 Å². The molecule has 0 fully saturated rings. The van der Waals surface area contributed by atoms with Gasteiger partial charge in [-0.1, -0.05) is 18.2 Å². The van der Waals surface area contributed by atoms with E-state index in [1.165, 1.54) is 12.4 Å². The number of carbonyl (C=O) groups is 2. The molecule has 11 heteroatoms. The molecule has 0 aliphatic rings. The van der Waals surface area contributed by atoms with Crippen LogP contribution in [0.5, 0.6) is 0 Å². The van der Waals surface area contributed by atoms with Gasteiger partial charge >= 0.3 is 6.18 Å². The molecule has 3 heterocycles. The number of para-hydroxylation sites is 1. The van der Waals surface area contributed by atoms with Crippen molar-refractivity contribution in [3.8, 4) is 0 Å². The summed E-state index contributed by atoms with van der Waals surface area (Å²) in [6.45, 7) is 0.0432. The van der Waals surface area contributed by atoms with Crippen LogP contribution in [0.4, 0.5) is 18.9 Å². The summed E-state index contributed by atoms with van der Waals surface area (Å²) in [4.78, 5) is 32.5. The van der Waals surface area contributed by atoms with Gasteiger partial charge in [0.15, 0.2) is 5.69 Å². The lowest BCUT2D eigenvalue weighted by Crippen LogP contribution is -2.19. The standard InChI is InChI=1S/C21H15F3N6O2/c22-21(23,24)18-17(11-30(29-18)10-12-5-7-26-8-6-12)28-20(32)16-9-14(19(25)31)13-3-1-2-4-15(13)27-16/h1-9,11H,10H2,(H2,25,31)(H,28,32). The molecule has 3 N–H and O–H groups in total. The number of alkyl halides is 3. The number of nitrogens with zero attached hydrogens (tertiary/aromatic N) is 4. The van der Waals surface area contributed by atoms with Crippen molar-refractivity contribution in [2.24, 2.45) is 5.73 Å². The van der Waals surface area contributed by atoms with Gasteiger partial charge in [-0.25, -0.2) is 4.98 Å². The Morgan fingerprint density at radius 3 is 2.50 bits per heavy atom. The third-order valence-electron chi connectivity index (χ3n) is 4.59. The van der Waals surface area contributed by atoms with E-state index in [2.05, 4.69) is 20.4 Å². The summed E-state index contributed by atoms with van der Waals surface area (Å²) in [6, 6.07) is 10.9. The fraction of sp³-hybridized carbons (Fsp3) is 0.0952. The second-order valence-corrected chi connectivity index (χ2v) is 6.83. The number of amides is 2. The van der Waals surface area contributed by atoms with E-state index in [1.54, 1.807) is 36.4 Å². The maximum atomic E-state index is 13.5. The normalized spacial score (nSPS) is 11.5. The smallest absolute Gasteiger partial charge is 0.366 e. The maximum absolute atomic E-state index is 13.5. The number of hydrogen-bond donors (Lipinski definition) is 2. The molecule has 0 aliphatic heterocycles. The van der Waals surface area contributed by atoms with Crippen LogP contribution in [0.15, 0.2) is 61.1 Å². The molecule has 0 radical (unpaired) electrons. The van der Waals surface area contributed by atoms with Gasteiger partial charge < -0.3 is 11.1 Å². The Bertz CT molecular complexity index is 1320. The highest BCUT2D eigenvalue weighted by atomic mass is 19.4. The lowest BCUT2D eigenvalue weighted by atomic mass is 10.1. The van der Waals surface area contributed by atoms with Crippen molar-refractivity contribution in [2.75, 3.05) is 5.32 Å². The first-order valence-corrected chi connectivity index (χ1v) is 9.27. The van der Waals surface area contributed by atoms with Crippen LogP contribution in [-0.4, -0.2) is 31.6 Å². The Morgan fingerprint density at radius 2 is 1.81 bits per heavy atom. The molecule has 4 rings (SSSR count). The van der Waals surface area contributed by atoms with Gasteiger partial charge in [-0.05, 0) is 29.8 Å². The summed E-state index contributed by atoms with van der Waals surface area (Å²) >= 11 is 0. The molecule has 0 unspecified atom stereocenters. The number of rotatable bonds is 5. The number of anilines is 1. The van der Waals surface area contributed by atoms with Gasteiger partial charge in [-0.2, -0.15) is 18.3 Å². The first-order valence-electron chi connectivity index (χ1n) is 9.27. The number of nitrogens with one attached hydrogen (secondary N) is 1. The van der Waals surface area contributed by atoms with Crippen LogP contribution in [-0.2, 0) is 12.7 Å². The lowest BCUT2D eigenvalue weighted by molar-refractivity contribution is -0.140. The van der Waals surface area contributed by atoms with Gasteiger partial charge in [0, 0.05) is 24.0 Å². The third kappa shape index (κ3) is 4.26. The number of primary amides is 1. The van der Waals surface area contributed by atoms with E-state index in [1.807, 2.05) is 0 Å². The highest BCUT2D eigenvalue weighted by molar-refractivity contribution is 6.10. The highest BCUT2D eigenvalue weighted by Gasteiger charge is 2.38. The van der Waals surface area contributed by atoms with E-state index < -0.39 is 29.4 Å². The molecule has 2 amide bonds. The van der Waals surface area contributed by atoms with Crippen LogP contribution < -0.4 is 11.1 Å². The predicted molar refractivity (Wildman–Crippen MR) is 109 cm³/mol. The van der Waals surface area contributed by atoms with Gasteiger partial charge in [0.2, 0.25) is 5.91 Å². The maximum Gasteiger partial charge on any atom is 0.437 e. The molecular weight excluding hydrogens is 425 g/mol. The Morgan fingerprint density at radius 1 is 1.09 bits per heavy atom. The SMILES string of the molecule is NC(=O)c1cc(C(=O)Nc2cn(Cc3ccncc3)nc2C(F)(F)F)nc2ccccc12. The van der Waals surface area contributed by atoms with Crippen LogP contribution >= 0.6 is 0 Å². The van der Waals surface area contributed by atoms with Crippen LogP contribution in [0.25, 0.3) is 10.9 Å². The topological polar surface area (TPSA) is 116 Å². The molecule has 0 spiro atoms. The average Bonchev–Trinajstić information content (AvgIpc) is 3.16. The zero-order valence-corrected chi connectivity index (χ0v) is 16.3. The second-order valence-electron chi connectivity index (χ2n) is 6.83. The average molecular weight is 440 g/mol. The second kappa shape index (κ2) is 8.10. The molecule has 4 aromatic rings. The Hall–Kier alpha value is -4.28. The number of halogens is 3. The van der Waals surface area contributed by atoms with Gasteiger partial charge in [0.1, 0.15) is 5.69 Å². The van der Waals surface area contributed by atoms with Crippen molar-refractivity contribution < 1.29 is 22.8 Å². The molecule has 32 heavy (non-hydrogen) atoms. The Labute approximate surface area is 178 Å². The molecule has 0 saturated carbocycles. The van der Waals surface area contributed by atoms with E-state index in [-0.39, 0.29) is 17.8 Å². The summed E-state index contributed by atoms with van der Waals surface area (Å²) in [6.07, 6.45) is -0.708. The molecule has 0 saturated heterocycles. The van der Waals surface area contributed by atoms with Crippen molar-refractivity contribution in [1.29, 1.82) is 0 Å². The minimum absolute atomic E-state index is 0.0326. The predicted octanol–water partition coefficient (Wildman–Crippen LogP) is 3.24. The Kier molecular flexibility index (Phi) is 5.31. The van der Waals surface area contributed by atoms with E-state index in [4.69, 9.17) is 5.73 Å². The molecule has 0 atom stereocenters. The summed E-state index contributed by atoms with van der Waals surface area (Å²) in [7, 11) is 0. The van der Waals surface area contributed by atoms with Crippen molar-refractivity contribution in [2.45, 2.75) is 12.7 Å². The van der Waals surface area contributed by atoms with Gasteiger partial charge in [-0.3, -0.25) is 19.3 Å². The minimum atomic E-state index is -4.80. The zero-order valence-electron chi connectivity index (χ0n) is 16.3. The fourth-order valence-corrected chi connectivity index (χ4v) is 3.16. The van der Waals surface area contributed by atoms with Crippen molar-refractivity contribution >= 4 is 28.4 Å².